The topological polar surface area (TPSA) is 113 Å². The zero-order valence-electron chi connectivity index (χ0n) is 11.4. The predicted octanol–water partition coefficient (Wildman–Crippen LogP) is 1.60. The normalized spacial score (nSPS) is 8.95. The summed E-state index contributed by atoms with van der Waals surface area (Å²) in [6.45, 7) is -0.552. The third-order valence-electron chi connectivity index (χ3n) is 2.37. The van der Waals surface area contributed by atoms with Crippen molar-refractivity contribution < 1.29 is 24.1 Å². The highest BCUT2D eigenvalue weighted by molar-refractivity contribution is 5.70. The number of nitriles is 2. The van der Waals surface area contributed by atoms with Gasteiger partial charge in [-0.15, -0.1) is 0 Å². The monoisotopic (exact) mass is 288 g/mol. The fraction of sp³-hybridized carbons (Fsp3) is 0.214. The molecule has 7 nitrogen and oxygen atoms in total. The number of hydrogen-bond acceptors (Lipinski definition) is 6. The van der Waals surface area contributed by atoms with E-state index in [1.807, 2.05) is 0 Å². The maximum atomic E-state index is 10.6. The average Bonchev–Trinajstić information content (AvgIpc) is 2.49. The first-order chi connectivity index (χ1) is 10.0. The fourth-order valence-electron chi connectivity index (χ4n) is 1.52. The highest BCUT2D eigenvalue weighted by Crippen LogP contribution is 2.39. The van der Waals surface area contributed by atoms with Crippen LogP contribution >= 0.6 is 0 Å². The number of carboxylic acids is 1. The Hall–Kier alpha value is -3.19. The standard InChI is InChI=1S/C14H12N2O5/c1-19-11-4-9(3-10(6-15)7-16)5-12(20-2)14(11)21-8-13(17)18/h3-5H,8H2,1-2H3,(H,17,18). The molecule has 0 aliphatic rings. The van der Waals surface area contributed by atoms with Crippen molar-refractivity contribution in [1.82, 2.24) is 0 Å². The van der Waals surface area contributed by atoms with Crippen molar-refractivity contribution in [3.63, 3.8) is 0 Å². The van der Waals surface area contributed by atoms with Gasteiger partial charge in [-0.3, -0.25) is 0 Å². The lowest BCUT2D eigenvalue weighted by atomic mass is 10.1. The number of carbonyl (C=O) groups is 1. The average molecular weight is 288 g/mol. The largest absolute Gasteiger partial charge is 0.493 e. The van der Waals surface area contributed by atoms with Crippen LogP contribution in [0.1, 0.15) is 5.56 Å². The summed E-state index contributed by atoms with van der Waals surface area (Å²) >= 11 is 0. The number of nitrogens with zero attached hydrogens (tertiary/aromatic N) is 2. The van der Waals surface area contributed by atoms with Crippen LogP contribution < -0.4 is 14.2 Å². The van der Waals surface area contributed by atoms with Gasteiger partial charge < -0.3 is 19.3 Å². The van der Waals surface area contributed by atoms with Crippen molar-refractivity contribution in [2.75, 3.05) is 20.8 Å². The molecule has 0 fully saturated rings. The Kier molecular flexibility index (Phi) is 5.60. The lowest BCUT2D eigenvalue weighted by Gasteiger charge is -2.14. The summed E-state index contributed by atoms with van der Waals surface area (Å²) in [5.74, 6) is -0.538. The molecule has 0 saturated carbocycles. The Morgan fingerprint density at radius 2 is 1.76 bits per heavy atom. The van der Waals surface area contributed by atoms with E-state index in [1.54, 1.807) is 12.1 Å². The Bertz CT molecular complexity index is 611. The van der Waals surface area contributed by atoms with E-state index in [1.165, 1.54) is 32.4 Å². The van der Waals surface area contributed by atoms with Crippen molar-refractivity contribution in [1.29, 1.82) is 10.5 Å². The van der Waals surface area contributed by atoms with E-state index in [-0.39, 0.29) is 22.8 Å². The van der Waals surface area contributed by atoms with Crippen LogP contribution in [0.15, 0.2) is 17.7 Å². The Balaban J connectivity index is 3.30. The maximum Gasteiger partial charge on any atom is 0.341 e. The number of hydrogen-bond donors (Lipinski definition) is 1. The molecule has 0 aliphatic heterocycles. The second-order valence-electron chi connectivity index (χ2n) is 3.72. The zero-order chi connectivity index (χ0) is 15.8. The van der Waals surface area contributed by atoms with E-state index in [4.69, 9.17) is 29.8 Å². The van der Waals surface area contributed by atoms with E-state index >= 15 is 0 Å². The summed E-state index contributed by atoms with van der Waals surface area (Å²) in [5, 5.41) is 26.1. The molecule has 21 heavy (non-hydrogen) atoms. The van der Waals surface area contributed by atoms with Crippen molar-refractivity contribution in [2.24, 2.45) is 0 Å². The number of benzene rings is 1. The van der Waals surface area contributed by atoms with Crippen LogP contribution in [0.25, 0.3) is 6.08 Å². The molecule has 0 unspecified atom stereocenters. The molecular formula is C14H12N2O5. The van der Waals surface area contributed by atoms with Gasteiger partial charge in [-0.1, -0.05) is 0 Å². The van der Waals surface area contributed by atoms with Crippen molar-refractivity contribution in [2.45, 2.75) is 0 Å². The van der Waals surface area contributed by atoms with Gasteiger partial charge in [0.25, 0.3) is 0 Å². The van der Waals surface area contributed by atoms with Crippen LogP contribution in [0.3, 0.4) is 0 Å². The molecule has 1 rings (SSSR count). The van der Waals surface area contributed by atoms with Gasteiger partial charge >= 0.3 is 5.97 Å². The van der Waals surface area contributed by atoms with Crippen LogP contribution in [-0.4, -0.2) is 31.9 Å². The molecule has 0 spiro atoms. The lowest BCUT2D eigenvalue weighted by molar-refractivity contribution is -0.139. The zero-order valence-corrected chi connectivity index (χ0v) is 11.4. The minimum atomic E-state index is -1.14. The first-order valence-electron chi connectivity index (χ1n) is 5.68. The smallest absolute Gasteiger partial charge is 0.341 e. The van der Waals surface area contributed by atoms with E-state index in [2.05, 4.69) is 0 Å². The van der Waals surface area contributed by atoms with Gasteiger partial charge in [0.15, 0.2) is 18.1 Å². The minimum absolute atomic E-state index is 0.0849. The molecule has 1 aromatic rings. The van der Waals surface area contributed by atoms with Crippen LogP contribution in [-0.2, 0) is 4.79 Å². The number of ether oxygens (including phenoxy) is 3. The molecule has 0 saturated heterocycles. The molecule has 0 radical (unpaired) electrons. The molecule has 1 aromatic carbocycles. The molecule has 0 heterocycles. The molecule has 0 bridgehead atoms. The van der Waals surface area contributed by atoms with Crippen LogP contribution in [0, 0.1) is 22.7 Å². The summed E-state index contributed by atoms with van der Waals surface area (Å²) < 4.78 is 15.4. The maximum absolute atomic E-state index is 10.6. The third kappa shape index (κ3) is 4.15. The quantitative estimate of drug-likeness (QED) is 0.791. The van der Waals surface area contributed by atoms with Crippen molar-refractivity contribution in [3.05, 3.63) is 23.3 Å². The molecule has 0 aromatic heterocycles. The third-order valence-corrected chi connectivity index (χ3v) is 2.37. The summed E-state index contributed by atoms with van der Waals surface area (Å²) in [7, 11) is 2.76. The first-order valence-corrected chi connectivity index (χ1v) is 5.68. The Morgan fingerprint density at radius 3 is 2.14 bits per heavy atom. The van der Waals surface area contributed by atoms with Crippen molar-refractivity contribution >= 4 is 12.0 Å². The Morgan fingerprint density at radius 1 is 1.24 bits per heavy atom. The number of carboxylic acid groups (broad SMARTS) is 1. The summed E-state index contributed by atoms with van der Waals surface area (Å²) in [6.07, 6.45) is 1.35. The fourth-order valence-corrected chi connectivity index (χ4v) is 1.52. The minimum Gasteiger partial charge on any atom is -0.493 e. The van der Waals surface area contributed by atoms with Crippen molar-refractivity contribution in [3.8, 4) is 29.4 Å². The van der Waals surface area contributed by atoms with Gasteiger partial charge in [0.1, 0.15) is 17.7 Å². The Labute approximate surface area is 121 Å². The van der Waals surface area contributed by atoms with Crippen LogP contribution in [0.2, 0.25) is 0 Å². The van der Waals surface area contributed by atoms with Gasteiger partial charge in [-0.2, -0.15) is 10.5 Å². The second-order valence-corrected chi connectivity index (χ2v) is 3.72. The van der Waals surface area contributed by atoms with Gasteiger partial charge in [0.2, 0.25) is 5.75 Å². The summed E-state index contributed by atoms with van der Waals surface area (Å²) in [5.41, 5.74) is 0.405. The molecule has 1 N–H and O–H groups in total. The molecule has 0 amide bonds. The predicted molar refractivity (Wildman–Crippen MR) is 71.9 cm³/mol. The van der Waals surface area contributed by atoms with E-state index in [9.17, 15) is 4.79 Å². The summed E-state index contributed by atoms with van der Waals surface area (Å²) in [4.78, 5) is 10.6. The van der Waals surface area contributed by atoms with Gasteiger partial charge in [-0.05, 0) is 23.8 Å². The van der Waals surface area contributed by atoms with Gasteiger partial charge in [0, 0.05) is 0 Å². The highest BCUT2D eigenvalue weighted by atomic mass is 16.5. The number of methoxy groups -OCH3 is 2. The molecular weight excluding hydrogens is 276 g/mol. The van der Waals surface area contributed by atoms with E-state index in [0.717, 1.165) is 0 Å². The summed E-state index contributed by atoms with van der Waals surface area (Å²) in [6, 6.07) is 6.50. The number of aliphatic carboxylic acids is 1. The molecule has 108 valence electrons. The number of allylic oxidation sites excluding steroid dienone is 1. The van der Waals surface area contributed by atoms with Crippen LogP contribution in [0.4, 0.5) is 0 Å². The van der Waals surface area contributed by atoms with Crippen LogP contribution in [0.5, 0.6) is 17.2 Å². The lowest BCUT2D eigenvalue weighted by Crippen LogP contribution is -2.10. The highest BCUT2D eigenvalue weighted by Gasteiger charge is 2.15. The van der Waals surface area contributed by atoms with Gasteiger partial charge in [0.05, 0.1) is 14.2 Å². The molecule has 0 aliphatic carbocycles. The van der Waals surface area contributed by atoms with E-state index in [0.29, 0.717) is 5.56 Å². The second kappa shape index (κ2) is 7.41. The first kappa shape index (κ1) is 15.9. The number of rotatable bonds is 6. The molecule has 7 heteroatoms. The SMILES string of the molecule is COc1cc(C=C(C#N)C#N)cc(OC)c1OCC(=O)O. The van der Waals surface area contributed by atoms with Gasteiger partial charge in [-0.25, -0.2) is 4.79 Å². The van der Waals surface area contributed by atoms with E-state index < -0.39 is 12.6 Å². The molecule has 0 atom stereocenters.